The van der Waals surface area contributed by atoms with Crippen molar-refractivity contribution < 1.29 is 14.6 Å². The Labute approximate surface area is 231 Å². The summed E-state index contributed by atoms with van der Waals surface area (Å²) in [5.41, 5.74) is 3.99. The van der Waals surface area contributed by atoms with Gasteiger partial charge in [-0.15, -0.1) is 0 Å². The van der Waals surface area contributed by atoms with Crippen LogP contribution in [0.15, 0.2) is 72.0 Å². The predicted octanol–water partition coefficient (Wildman–Crippen LogP) is 2.19. The minimum Gasteiger partial charge on any atom is -0.502 e. The van der Waals surface area contributed by atoms with Crippen molar-refractivity contribution in [1.29, 1.82) is 0 Å². The van der Waals surface area contributed by atoms with E-state index in [0.717, 1.165) is 49.5 Å². The number of nitrogens with one attached hydrogen (secondary N) is 3. The minimum atomic E-state index is -0.629. The zero-order valence-corrected chi connectivity index (χ0v) is 21.9. The Balaban J connectivity index is 1.24. The summed E-state index contributed by atoms with van der Waals surface area (Å²) in [6.45, 7) is 4.57. The fraction of sp³-hybridized carbons (Fsp3) is 0.267. The molecule has 0 spiro atoms. The lowest BCUT2D eigenvalue weighted by atomic mass is 9.94. The minimum absolute atomic E-state index is 0.164. The van der Waals surface area contributed by atoms with Crippen LogP contribution in [-0.4, -0.2) is 68.9 Å². The third kappa shape index (κ3) is 7.02. The van der Waals surface area contributed by atoms with Crippen LogP contribution in [0.3, 0.4) is 0 Å². The van der Waals surface area contributed by atoms with Gasteiger partial charge in [-0.05, 0) is 41.8 Å². The van der Waals surface area contributed by atoms with E-state index in [2.05, 4.69) is 54.4 Å². The molecule has 0 radical (unpaired) electrons. The maximum Gasteiger partial charge on any atom is 0.293 e. The number of carbonyl (C=O) groups excluding carboxylic acids is 1. The van der Waals surface area contributed by atoms with E-state index in [1.54, 1.807) is 0 Å². The Hall–Kier alpha value is -4.72. The first-order chi connectivity index (χ1) is 19.5. The molecule has 40 heavy (non-hydrogen) atoms. The van der Waals surface area contributed by atoms with Gasteiger partial charge in [-0.1, -0.05) is 36.1 Å². The van der Waals surface area contributed by atoms with E-state index < -0.39 is 17.2 Å². The molecule has 1 unspecified atom stereocenters. The highest BCUT2D eigenvalue weighted by Gasteiger charge is 2.21. The molecule has 0 aliphatic carbocycles. The molecule has 10 heteroatoms. The highest BCUT2D eigenvalue weighted by Crippen LogP contribution is 2.24. The van der Waals surface area contributed by atoms with Gasteiger partial charge in [-0.25, -0.2) is 4.98 Å². The lowest BCUT2D eigenvalue weighted by molar-refractivity contribution is 0.0342. The molecule has 3 heterocycles. The molecular formula is C30H30N6O4. The van der Waals surface area contributed by atoms with Crippen LogP contribution in [0.5, 0.6) is 5.75 Å². The van der Waals surface area contributed by atoms with Crippen molar-refractivity contribution in [3.05, 3.63) is 111 Å². The van der Waals surface area contributed by atoms with Crippen LogP contribution < -0.4 is 10.9 Å². The SMILES string of the molecule is O=C(NCC(Cc1ccc(C#Cc2ccc(CN3CCOCC3)cc2)cc1)c1nc[nH]c(=O)c1O)c1cn[nH]c1. The molecule has 2 aromatic carbocycles. The Kier molecular flexibility index (Phi) is 8.66. The molecule has 4 aromatic rings. The average molecular weight is 539 g/mol. The number of nitrogens with zero attached hydrogens (tertiary/aromatic N) is 3. The number of aromatic hydroxyl groups is 1. The second-order valence-electron chi connectivity index (χ2n) is 9.60. The third-order valence-corrected chi connectivity index (χ3v) is 6.76. The highest BCUT2D eigenvalue weighted by atomic mass is 16.5. The average Bonchev–Trinajstić information content (AvgIpc) is 3.53. The molecule has 0 bridgehead atoms. The van der Waals surface area contributed by atoms with Crippen molar-refractivity contribution in [2.24, 2.45) is 0 Å². The van der Waals surface area contributed by atoms with Crippen molar-refractivity contribution in [3.8, 4) is 17.6 Å². The van der Waals surface area contributed by atoms with Crippen molar-refractivity contribution in [2.75, 3.05) is 32.8 Å². The third-order valence-electron chi connectivity index (χ3n) is 6.76. The second-order valence-corrected chi connectivity index (χ2v) is 9.60. The molecule has 1 saturated heterocycles. The number of H-pyrrole nitrogens is 2. The van der Waals surface area contributed by atoms with E-state index in [0.29, 0.717) is 12.0 Å². The summed E-state index contributed by atoms with van der Waals surface area (Å²) in [6.07, 6.45) is 4.60. The van der Waals surface area contributed by atoms with E-state index >= 15 is 0 Å². The first-order valence-electron chi connectivity index (χ1n) is 13.1. The molecule has 0 saturated carbocycles. The van der Waals surface area contributed by atoms with Gasteiger partial charge in [-0.2, -0.15) is 5.10 Å². The summed E-state index contributed by atoms with van der Waals surface area (Å²) in [5.74, 6) is 5.21. The Morgan fingerprint density at radius 3 is 2.38 bits per heavy atom. The molecule has 1 aliphatic heterocycles. The van der Waals surface area contributed by atoms with Crippen LogP contribution in [0.25, 0.3) is 0 Å². The predicted molar refractivity (Wildman–Crippen MR) is 149 cm³/mol. The van der Waals surface area contributed by atoms with Gasteiger partial charge in [0.2, 0.25) is 5.75 Å². The van der Waals surface area contributed by atoms with Crippen LogP contribution in [0, 0.1) is 11.8 Å². The lowest BCUT2D eigenvalue weighted by Crippen LogP contribution is -2.35. The van der Waals surface area contributed by atoms with Crippen molar-refractivity contribution in [1.82, 2.24) is 30.4 Å². The van der Waals surface area contributed by atoms with Gasteiger partial charge in [0, 0.05) is 49.4 Å². The molecule has 10 nitrogen and oxygen atoms in total. The van der Waals surface area contributed by atoms with Gasteiger partial charge < -0.3 is 20.1 Å². The number of amides is 1. The van der Waals surface area contributed by atoms with Crippen LogP contribution in [0.4, 0.5) is 0 Å². The molecule has 5 rings (SSSR count). The number of rotatable bonds is 8. The summed E-state index contributed by atoms with van der Waals surface area (Å²) in [4.78, 5) is 33.4. The Morgan fingerprint density at radius 1 is 1.05 bits per heavy atom. The fourth-order valence-electron chi connectivity index (χ4n) is 4.53. The molecule has 1 amide bonds. The van der Waals surface area contributed by atoms with Gasteiger partial charge in [0.1, 0.15) is 0 Å². The number of aromatic nitrogens is 4. The van der Waals surface area contributed by atoms with E-state index in [9.17, 15) is 14.7 Å². The van der Waals surface area contributed by atoms with E-state index in [-0.39, 0.29) is 18.1 Å². The first-order valence-corrected chi connectivity index (χ1v) is 13.1. The maximum absolute atomic E-state index is 12.4. The number of carbonyl (C=O) groups is 1. The first kappa shape index (κ1) is 26.9. The number of hydrogen-bond acceptors (Lipinski definition) is 7. The standard InChI is InChI=1S/C30H30N6O4/c37-28-27(32-20-33-30(28)39)25(16-31-29(38)26-17-34-35-18-26)15-23-7-3-21(4-8-23)1-2-22-5-9-24(10-6-22)19-36-11-13-40-14-12-36/h3-10,17-18,20,25,37H,11-16,19H2,(H,31,38)(H,34,35)(H,32,33,39). The van der Waals surface area contributed by atoms with Gasteiger partial charge in [0.05, 0.1) is 37.0 Å². The van der Waals surface area contributed by atoms with Gasteiger partial charge in [0.15, 0.2) is 0 Å². The Morgan fingerprint density at radius 2 is 1.73 bits per heavy atom. The number of hydrogen-bond donors (Lipinski definition) is 4. The molecule has 204 valence electrons. The van der Waals surface area contributed by atoms with Gasteiger partial charge in [-0.3, -0.25) is 19.6 Å². The topological polar surface area (TPSA) is 136 Å². The normalized spacial score (nSPS) is 14.2. The quantitative estimate of drug-likeness (QED) is 0.253. The zero-order chi connectivity index (χ0) is 27.7. The molecule has 1 fully saturated rings. The molecule has 1 aliphatic rings. The van der Waals surface area contributed by atoms with E-state index in [1.807, 2.05) is 36.4 Å². The molecular weight excluding hydrogens is 508 g/mol. The second kappa shape index (κ2) is 12.9. The van der Waals surface area contributed by atoms with Gasteiger partial charge in [0.25, 0.3) is 11.5 Å². The largest absolute Gasteiger partial charge is 0.502 e. The van der Waals surface area contributed by atoms with Crippen molar-refractivity contribution >= 4 is 5.91 Å². The number of ether oxygens (including phenoxy) is 1. The summed E-state index contributed by atoms with van der Waals surface area (Å²) >= 11 is 0. The van der Waals surface area contributed by atoms with Crippen LogP contribution >= 0.6 is 0 Å². The summed E-state index contributed by atoms with van der Waals surface area (Å²) in [6, 6.07) is 16.1. The number of aromatic amines is 2. The van der Waals surface area contributed by atoms with Crippen LogP contribution in [0.1, 0.15) is 44.2 Å². The highest BCUT2D eigenvalue weighted by molar-refractivity contribution is 5.93. The van der Waals surface area contributed by atoms with Crippen molar-refractivity contribution in [2.45, 2.75) is 18.9 Å². The Bertz CT molecular complexity index is 1530. The molecule has 2 aromatic heterocycles. The van der Waals surface area contributed by atoms with Crippen molar-refractivity contribution in [3.63, 3.8) is 0 Å². The molecule has 4 N–H and O–H groups in total. The van der Waals surface area contributed by atoms with Crippen LogP contribution in [0.2, 0.25) is 0 Å². The summed E-state index contributed by atoms with van der Waals surface area (Å²) in [5, 5.41) is 19.6. The molecule has 1 atom stereocenters. The van der Waals surface area contributed by atoms with Gasteiger partial charge >= 0.3 is 0 Å². The lowest BCUT2D eigenvalue weighted by Gasteiger charge is -2.26. The monoisotopic (exact) mass is 538 g/mol. The zero-order valence-electron chi connectivity index (χ0n) is 21.9. The fourth-order valence-corrected chi connectivity index (χ4v) is 4.53. The van der Waals surface area contributed by atoms with E-state index in [4.69, 9.17) is 4.74 Å². The maximum atomic E-state index is 12.4. The smallest absolute Gasteiger partial charge is 0.293 e. The van der Waals surface area contributed by atoms with E-state index in [1.165, 1.54) is 24.3 Å². The summed E-state index contributed by atoms with van der Waals surface area (Å²) < 4.78 is 5.41. The number of benzene rings is 2. The number of morpholine rings is 1. The van der Waals surface area contributed by atoms with Crippen LogP contribution in [-0.2, 0) is 17.7 Å². The summed E-state index contributed by atoms with van der Waals surface area (Å²) in [7, 11) is 0.